The summed E-state index contributed by atoms with van der Waals surface area (Å²) in [5.74, 6) is -1.24. The molecule has 0 fully saturated rings. The molecule has 0 aromatic heterocycles. The number of thioether (sulfide) groups is 1. The quantitative estimate of drug-likeness (QED) is 0.367. The highest BCUT2D eigenvalue weighted by molar-refractivity contribution is 7.99. The summed E-state index contributed by atoms with van der Waals surface area (Å²) in [6.45, 7) is 0.521. The Morgan fingerprint density at radius 3 is 2.58 bits per heavy atom. The Labute approximate surface area is 116 Å². The first-order valence-electron chi connectivity index (χ1n) is 5.82. The fourth-order valence-electron chi connectivity index (χ4n) is 1.26. The van der Waals surface area contributed by atoms with Crippen LogP contribution in [0.25, 0.3) is 0 Å². The van der Waals surface area contributed by atoms with Crippen molar-refractivity contribution < 1.29 is 24.2 Å². The molecule has 1 unspecified atom stereocenters. The topological polar surface area (TPSA) is 105 Å². The van der Waals surface area contributed by atoms with Crippen LogP contribution < -0.4 is 10.6 Å². The molecule has 0 aliphatic rings. The average Bonchev–Trinajstić information content (AvgIpc) is 2.38. The molecule has 0 aromatic rings. The van der Waals surface area contributed by atoms with E-state index in [0.29, 0.717) is 18.7 Å². The molecule has 3 N–H and O–H groups in total. The monoisotopic (exact) mass is 292 g/mol. The molecule has 0 rings (SSSR count). The number of carboxylic acids is 1. The van der Waals surface area contributed by atoms with Crippen LogP contribution in [-0.2, 0) is 19.1 Å². The Kier molecular flexibility index (Phi) is 9.91. The minimum atomic E-state index is -0.905. The van der Waals surface area contributed by atoms with Gasteiger partial charge in [0.1, 0.15) is 6.04 Å². The number of hydrogen-bond acceptors (Lipinski definition) is 6. The highest BCUT2D eigenvalue weighted by Crippen LogP contribution is 2.06. The van der Waals surface area contributed by atoms with Crippen LogP contribution in [0, 0.1) is 0 Å². The van der Waals surface area contributed by atoms with Gasteiger partial charge in [-0.15, -0.1) is 0 Å². The molecular weight excluding hydrogens is 272 g/mol. The number of amides is 1. The van der Waals surface area contributed by atoms with Gasteiger partial charge in [-0.25, -0.2) is 4.79 Å². The largest absolute Gasteiger partial charge is 0.481 e. The number of esters is 1. The summed E-state index contributed by atoms with van der Waals surface area (Å²) in [6.07, 6.45) is 0.613. The molecule has 1 amide bonds. The lowest BCUT2D eigenvalue weighted by Gasteiger charge is -2.16. The maximum atomic E-state index is 11.5. The van der Waals surface area contributed by atoms with Crippen LogP contribution in [0.2, 0.25) is 0 Å². The summed E-state index contributed by atoms with van der Waals surface area (Å²) in [5, 5.41) is 13.9. The summed E-state index contributed by atoms with van der Waals surface area (Å²) in [7, 11) is 2.98. The van der Waals surface area contributed by atoms with Crippen LogP contribution >= 0.6 is 11.8 Å². The molecule has 110 valence electrons. The van der Waals surface area contributed by atoms with Gasteiger partial charge in [-0.1, -0.05) is 0 Å². The number of carbonyl (C=O) groups excluding carboxylic acids is 2. The van der Waals surface area contributed by atoms with Gasteiger partial charge in [-0.05, 0) is 19.2 Å². The van der Waals surface area contributed by atoms with E-state index in [9.17, 15) is 14.4 Å². The fourth-order valence-corrected chi connectivity index (χ4v) is 1.98. The molecule has 19 heavy (non-hydrogen) atoms. The first kappa shape index (κ1) is 17.7. The normalized spacial score (nSPS) is 11.7. The SMILES string of the molecule is CNCCC(=O)NC(CCSCC(=O)O)C(=O)OC. The number of ether oxygens (including phenoxy) is 1. The van der Waals surface area contributed by atoms with Crippen LogP contribution in [0.4, 0.5) is 0 Å². The van der Waals surface area contributed by atoms with Gasteiger partial charge < -0.3 is 20.5 Å². The third-order valence-electron chi connectivity index (χ3n) is 2.20. The van der Waals surface area contributed by atoms with Crippen molar-refractivity contribution in [1.29, 1.82) is 0 Å². The number of carboxylic acid groups (broad SMARTS) is 1. The van der Waals surface area contributed by atoms with Crippen molar-refractivity contribution in [3.05, 3.63) is 0 Å². The lowest BCUT2D eigenvalue weighted by Crippen LogP contribution is -2.42. The molecule has 0 saturated heterocycles. The van der Waals surface area contributed by atoms with E-state index in [0.717, 1.165) is 0 Å². The molecule has 0 bridgehead atoms. The molecule has 8 heteroatoms. The Balaban J connectivity index is 4.12. The van der Waals surface area contributed by atoms with Crippen molar-refractivity contribution in [3.63, 3.8) is 0 Å². The number of carbonyl (C=O) groups is 3. The van der Waals surface area contributed by atoms with Crippen molar-refractivity contribution in [2.24, 2.45) is 0 Å². The van der Waals surface area contributed by atoms with E-state index in [2.05, 4.69) is 15.4 Å². The predicted octanol–water partition coefficient (Wildman–Crippen LogP) is -0.538. The molecule has 0 aliphatic heterocycles. The van der Waals surface area contributed by atoms with Crippen LogP contribution in [0.3, 0.4) is 0 Å². The van der Waals surface area contributed by atoms with E-state index in [1.807, 2.05) is 0 Å². The predicted molar refractivity (Wildman–Crippen MR) is 72.1 cm³/mol. The van der Waals surface area contributed by atoms with Crippen molar-refractivity contribution in [1.82, 2.24) is 10.6 Å². The molecule has 0 aliphatic carbocycles. The molecule has 0 aromatic carbocycles. The van der Waals surface area contributed by atoms with Gasteiger partial charge in [0.25, 0.3) is 0 Å². The summed E-state index contributed by atoms with van der Waals surface area (Å²) in [4.78, 5) is 33.3. The third kappa shape index (κ3) is 9.32. The van der Waals surface area contributed by atoms with Gasteiger partial charge in [0, 0.05) is 13.0 Å². The van der Waals surface area contributed by atoms with E-state index in [1.165, 1.54) is 18.9 Å². The average molecular weight is 292 g/mol. The molecule has 0 spiro atoms. The minimum absolute atomic E-state index is 0.0262. The minimum Gasteiger partial charge on any atom is -0.481 e. The second-order valence-corrected chi connectivity index (χ2v) is 4.84. The lowest BCUT2D eigenvalue weighted by molar-refractivity contribution is -0.145. The molecule has 0 saturated carbocycles. The number of aliphatic carboxylic acids is 1. The Morgan fingerprint density at radius 2 is 2.05 bits per heavy atom. The third-order valence-corrected chi connectivity index (χ3v) is 3.17. The maximum absolute atomic E-state index is 11.5. The number of rotatable bonds is 10. The van der Waals surface area contributed by atoms with Crippen molar-refractivity contribution in [3.8, 4) is 0 Å². The van der Waals surface area contributed by atoms with E-state index >= 15 is 0 Å². The summed E-state index contributed by atoms with van der Waals surface area (Å²) < 4.78 is 4.60. The first-order chi connectivity index (χ1) is 9.01. The molecule has 0 heterocycles. The summed E-state index contributed by atoms with van der Waals surface area (Å²) in [6, 6.07) is -0.726. The van der Waals surface area contributed by atoms with Crippen LogP contribution in [0.1, 0.15) is 12.8 Å². The van der Waals surface area contributed by atoms with Gasteiger partial charge in [0.15, 0.2) is 0 Å². The summed E-state index contributed by atoms with van der Waals surface area (Å²) >= 11 is 1.19. The molecule has 7 nitrogen and oxygen atoms in total. The van der Waals surface area contributed by atoms with Gasteiger partial charge in [-0.3, -0.25) is 9.59 Å². The van der Waals surface area contributed by atoms with Gasteiger partial charge in [0.05, 0.1) is 12.9 Å². The van der Waals surface area contributed by atoms with Crippen LogP contribution in [0.5, 0.6) is 0 Å². The number of nitrogens with one attached hydrogen (secondary N) is 2. The number of hydrogen-bond donors (Lipinski definition) is 3. The van der Waals surface area contributed by atoms with Crippen molar-refractivity contribution >= 4 is 29.6 Å². The van der Waals surface area contributed by atoms with Gasteiger partial charge in [-0.2, -0.15) is 11.8 Å². The van der Waals surface area contributed by atoms with E-state index in [4.69, 9.17) is 5.11 Å². The van der Waals surface area contributed by atoms with Crippen LogP contribution in [-0.4, -0.2) is 61.2 Å². The lowest BCUT2D eigenvalue weighted by atomic mass is 10.2. The zero-order valence-corrected chi connectivity index (χ0v) is 11.9. The Hall–Kier alpha value is -1.28. The fraction of sp³-hybridized carbons (Fsp3) is 0.727. The van der Waals surface area contributed by atoms with Crippen LogP contribution in [0.15, 0.2) is 0 Å². The zero-order valence-electron chi connectivity index (χ0n) is 11.1. The standard InChI is InChI=1S/C11H20N2O5S/c1-12-5-3-9(14)13-8(11(17)18-2)4-6-19-7-10(15)16/h8,12H,3-7H2,1-2H3,(H,13,14)(H,15,16). The smallest absolute Gasteiger partial charge is 0.328 e. The van der Waals surface area contributed by atoms with E-state index in [-0.39, 0.29) is 18.1 Å². The highest BCUT2D eigenvalue weighted by Gasteiger charge is 2.20. The molecular formula is C11H20N2O5S. The van der Waals surface area contributed by atoms with Gasteiger partial charge >= 0.3 is 11.9 Å². The first-order valence-corrected chi connectivity index (χ1v) is 6.98. The van der Waals surface area contributed by atoms with Crippen molar-refractivity contribution in [2.45, 2.75) is 18.9 Å². The van der Waals surface area contributed by atoms with E-state index in [1.54, 1.807) is 7.05 Å². The second-order valence-electron chi connectivity index (χ2n) is 3.73. The van der Waals surface area contributed by atoms with Crippen molar-refractivity contribution in [2.75, 3.05) is 32.2 Å². The Bertz CT molecular complexity index is 311. The highest BCUT2D eigenvalue weighted by atomic mass is 32.2. The molecule has 1 atom stereocenters. The Morgan fingerprint density at radius 1 is 1.37 bits per heavy atom. The second kappa shape index (κ2) is 10.6. The zero-order chi connectivity index (χ0) is 14.7. The summed E-state index contributed by atoms with van der Waals surface area (Å²) in [5.41, 5.74) is 0. The maximum Gasteiger partial charge on any atom is 0.328 e. The molecule has 0 radical (unpaired) electrons. The number of methoxy groups -OCH3 is 1. The van der Waals surface area contributed by atoms with E-state index < -0.39 is 18.0 Å². The van der Waals surface area contributed by atoms with Gasteiger partial charge in [0.2, 0.25) is 5.91 Å².